The Balaban J connectivity index is 0.000000431. The fourth-order valence-electron chi connectivity index (χ4n) is 3.35. The van der Waals surface area contributed by atoms with Gasteiger partial charge in [0.25, 0.3) is 0 Å². The van der Waals surface area contributed by atoms with Crippen molar-refractivity contribution in [2.75, 3.05) is 0 Å². The third-order valence-electron chi connectivity index (χ3n) is 5.33. The minimum absolute atomic E-state index is 0. The second kappa shape index (κ2) is 11.7. The molecule has 0 bridgehead atoms. The third-order valence-corrected chi connectivity index (χ3v) is 5.33. The Labute approximate surface area is 196 Å². The fraction of sp³-hybridized carbons (Fsp3) is 0.407. The van der Waals surface area contributed by atoms with Gasteiger partial charge in [-0.05, 0) is 40.9 Å². The molecule has 0 saturated carbocycles. The summed E-state index contributed by atoms with van der Waals surface area (Å²) in [6.07, 6.45) is 1.63. The second-order valence-corrected chi connectivity index (χ2v) is 8.70. The molecule has 0 fully saturated rings. The van der Waals surface area contributed by atoms with E-state index >= 15 is 0 Å². The number of benzene rings is 2. The molecular formula is C27H35IrNO-2. The van der Waals surface area contributed by atoms with Gasteiger partial charge in [0.1, 0.15) is 0 Å². The summed E-state index contributed by atoms with van der Waals surface area (Å²) in [5.74, 6) is 1.20. The molecule has 3 aromatic rings. The topological polar surface area (TPSA) is 33.1 Å². The number of aromatic nitrogens is 1. The van der Waals surface area contributed by atoms with E-state index < -0.39 is 0 Å². The largest absolute Gasteiger partial charge is 0.396 e. The number of hydrogen-bond donors (Lipinski definition) is 1. The van der Waals surface area contributed by atoms with Crippen LogP contribution in [0.5, 0.6) is 0 Å². The van der Waals surface area contributed by atoms with Gasteiger partial charge in [-0.2, -0.15) is 0 Å². The van der Waals surface area contributed by atoms with E-state index in [1.54, 1.807) is 6.92 Å². The van der Waals surface area contributed by atoms with Gasteiger partial charge in [-0.1, -0.05) is 65.7 Å². The summed E-state index contributed by atoms with van der Waals surface area (Å²) in [7, 11) is 0. The Morgan fingerprint density at radius 1 is 0.967 bits per heavy atom. The summed E-state index contributed by atoms with van der Waals surface area (Å²) in [6, 6.07) is 16.5. The zero-order valence-electron chi connectivity index (χ0n) is 19.3. The average molecular weight is 582 g/mol. The Bertz CT molecular complexity index is 918. The van der Waals surface area contributed by atoms with Gasteiger partial charge in [-0.25, -0.2) is 0 Å². The molecule has 0 aliphatic heterocycles. The molecule has 0 aliphatic rings. The van der Waals surface area contributed by atoms with E-state index in [0.29, 0.717) is 11.8 Å². The van der Waals surface area contributed by atoms with Gasteiger partial charge in [-0.15, -0.1) is 40.8 Å². The van der Waals surface area contributed by atoms with E-state index in [1.807, 2.05) is 6.20 Å². The van der Waals surface area contributed by atoms with Crippen molar-refractivity contribution in [3.8, 4) is 11.3 Å². The summed E-state index contributed by atoms with van der Waals surface area (Å²) in [5, 5.41) is 11.4. The first-order valence-corrected chi connectivity index (χ1v) is 10.5. The minimum Gasteiger partial charge on any atom is -0.396 e. The van der Waals surface area contributed by atoms with E-state index in [9.17, 15) is 0 Å². The van der Waals surface area contributed by atoms with E-state index in [4.69, 9.17) is 5.11 Å². The van der Waals surface area contributed by atoms with Crippen LogP contribution in [0, 0.1) is 38.7 Å². The van der Waals surface area contributed by atoms with Gasteiger partial charge in [-0.3, -0.25) is 0 Å². The van der Waals surface area contributed by atoms with Crippen LogP contribution in [-0.2, 0) is 20.1 Å². The first kappa shape index (κ1) is 26.5. The van der Waals surface area contributed by atoms with Crippen LogP contribution in [0.25, 0.3) is 22.0 Å². The first-order chi connectivity index (χ1) is 13.6. The number of aliphatic hydroxyl groups is 1. The van der Waals surface area contributed by atoms with Crippen molar-refractivity contribution in [2.45, 2.75) is 60.5 Å². The smallest absolute Gasteiger partial charge is 0.0270 e. The molecule has 1 aromatic heterocycles. The molecule has 0 aliphatic carbocycles. The molecule has 1 heterocycles. The Kier molecular flexibility index (Phi) is 10.4. The molecule has 1 N–H and O–H groups in total. The van der Waals surface area contributed by atoms with Gasteiger partial charge in [0, 0.05) is 32.4 Å². The van der Waals surface area contributed by atoms with E-state index in [0.717, 1.165) is 16.8 Å². The number of pyridine rings is 1. The van der Waals surface area contributed by atoms with Crippen LogP contribution in [0.2, 0.25) is 0 Å². The Morgan fingerprint density at radius 3 is 2.13 bits per heavy atom. The van der Waals surface area contributed by atoms with Crippen LogP contribution in [0.1, 0.15) is 57.2 Å². The van der Waals surface area contributed by atoms with Crippen LogP contribution in [0.3, 0.4) is 0 Å². The molecule has 165 valence electrons. The van der Waals surface area contributed by atoms with Gasteiger partial charge in [0.05, 0.1) is 0 Å². The molecule has 0 saturated heterocycles. The number of fused-ring (bicyclic) bond motifs is 1. The quantitative estimate of drug-likeness (QED) is 0.340. The molecule has 3 rings (SSSR count). The number of rotatable bonds is 4. The predicted molar refractivity (Wildman–Crippen MR) is 125 cm³/mol. The Morgan fingerprint density at radius 2 is 1.63 bits per heavy atom. The normalized spacial score (nSPS) is 12.9. The van der Waals surface area contributed by atoms with E-state index in [2.05, 4.69) is 95.9 Å². The minimum atomic E-state index is -0.269. The molecule has 2 unspecified atom stereocenters. The van der Waals surface area contributed by atoms with Gasteiger partial charge in [0.2, 0.25) is 0 Å². The maximum atomic E-state index is 8.93. The van der Waals surface area contributed by atoms with Crippen LogP contribution in [0.4, 0.5) is 0 Å². The zero-order chi connectivity index (χ0) is 21.7. The third kappa shape index (κ3) is 7.01. The summed E-state index contributed by atoms with van der Waals surface area (Å²) in [4.78, 5) is 4.60. The maximum absolute atomic E-state index is 8.93. The van der Waals surface area contributed by atoms with Crippen molar-refractivity contribution >= 4 is 10.8 Å². The second-order valence-electron chi connectivity index (χ2n) is 8.70. The Hall–Kier alpha value is -1.54. The summed E-state index contributed by atoms with van der Waals surface area (Å²) in [6.45, 7) is 18.3. The standard InChI is InChI=1S/C20H20N.C7H15O.Ir/c1-13(2)16-5-6-19-17(12-16)7-8-21-20(19)18-10-14(3)9-15(4)11-18;1-5(2)6(3)7(4)8;/h5-10,12-13H,1-4H3;5-8H,3H2,1-2,4H3;/q2*-1;. The van der Waals surface area contributed by atoms with Gasteiger partial charge in [0.15, 0.2) is 0 Å². The van der Waals surface area contributed by atoms with Crippen LogP contribution < -0.4 is 0 Å². The summed E-state index contributed by atoms with van der Waals surface area (Å²) >= 11 is 0. The van der Waals surface area contributed by atoms with Crippen molar-refractivity contribution in [1.82, 2.24) is 4.98 Å². The SMILES string of the molecule is Cc1[c-]c(-c2nccc3cc(C(C)C)ccc23)cc(C)c1.[CH2-]C(C(C)C)C(C)O.[Ir]. The average Bonchev–Trinajstić information content (AvgIpc) is 2.65. The molecule has 2 nitrogen and oxygen atoms in total. The molecule has 0 amide bonds. The number of aryl methyl sites for hydroxylation is 2. The van der Waals surface area contributed by atoms with E-state index in [1.165, 1.54) is 21.9 Å². The molecule has 2 aromatic carbocycles. The van der Waals surface area contributed by atoms with Crippen molar-refractivity contribution in [2.24, 2.45) is 11.8 Å². The number of nitrogens with zero attached hydrogens (tertiary/aromatic N) is 1. The maximum Gasteiger partial charge on any atom is 0.0270 e. The van der Waals surface area contributed by atoms with Crippen molar-refractivity contribution in [3.05, 3.63) is 72.3 Å². The predicted octanol–water partition coefficient (Wildman–Crippen LogP) is 6.91. The number of aliphatic hydroxyl groups excluding tert-OH is 1. The van der Waals surface area contributed by atoms with Crippen molar-refractivity contribution in [3.63, 3.8) is 0 Å². The molecular weight excluding hydrogens is 547 g/mol. The van der Waals surface area contributed by atoms with E-state index in [-0.39, 0.29) is 32.1 Å². The molecule has 30 heavy (non-hydrogen) atoms. The van der Waals surface area contributed by atoms with Crippen molar-refractivity contribution < 1.29 is 25.2 Å². The van der Waals surface area contributed by atoms with Crippen LogP contribution >= 0.6 is 0 Å². The molecule has 1 radical (unpaired) electrons. The van der Waals surface area contributed by atoms with Gasteiger partial charge < -0.3 is 17.0 Å². The fourth-order valence-corrected chi connectivity index (χ4v) is 3.35. The zero-order valence-corrected chi connectivity index (χ0v) is 21.7. The number of hydrogen-bond acceptors (Lipinski definition) is 2. The molecule has 3 heteroatoms. The molecule has 0 spiro atoms. The monoisotopic (exact) mass is 582 g/mol. The first-order valence-electron chi connectivity index (χ1n) is 10.5. The molecule has 2 atom stereocenters. The van der Waals surface area contributed by atoms with Crippen molar-refractivity contribution in [1.29, 1.82) is 0 Å². The van der Waals surface area contributed by atoms with Gasteiger partial charge >= 0.3 is 0 Å². The summed E-state index contributed by atoms with van der Waals surface area (Å²) in [5.41, 5.74) is 5.87. The summed E-state index contributed by atoms with van der Waals surface area (Å²) < 4.78 is 0. The van der Waals surface area contributed by atoms with Crippen LogP contribution in [0.15, 0.2) is 42.6 Å². The van der Waals surface area contributed by atoms with Crippen LogP contribution in [-0.4, -0.2) is 16.2 Å².